The van der Waals surface area contributed by atoms with Crippen LogP contribution in [-0.4, -0.2) is 6.10 Å². The highest BCUT2D eigenvalue weighted by Crippen LogP contribution is 2.48. The summed E-state index contributed by atoms with van der Waals surface area (Å²) in [4.78, 5) is 6.73. The fourth-order valence-corrected chi connectivity index (χ4v) is 4.91. The van der Waals surface area contributed by atoms with Crippen LogP contribution in [0.25, 0.3) is 0 Å². The molecule has 0 amide bonds. The van der Waals surface area contributed by atoms with E-state index in [0.29, 0.717) is 0 Å². The van der Waals surface area contributed by atoms with Crippen LogP contribution in [0.15, 0.2) is 91.0 Å². The molecule has 0 aromatic heterocycles. The van der Waals surface area contributed by atoms with Crippen molar-refractivity contribution in [2.45, 2.75) is 69.9 Å². The maximum atomic E-state index is 6.73. The number of hydroxylamine groups is 1. The highest BCUT2D eigenvalue weighted by Gasteiger charge is 2.49. The lowest BCUT2D eigenvalue weighted by atomic mass is 9.78. The lowest BCUT2D eigenvalue weighted by Crippen LogP contribution is -2.41. The summed E-state index contributed by atoms with van der Waals surface area (Å²) in [5, 5.41) is 2.19. The van der Waals surface area contributed by atoms with Crippen molar-refractivity contribution in [1.29, 1.82) is 0 Å². The Morgan fingerprint density at radius 2 is 1.23 bits per heavy atom. The monoisotopic (exact) mass is 413 g/mol. The summed E-state index contributed by atoms with van der Waals surface area (Å²) in [6.07, 6.45) is 10.2. The molecule has 0 saturated carbocycles. The predicted molar refractivity (Wildman–Crippen MR) is 130 cm³/mol. The number of anilines is 1. The van der Waals surface area contributed by atoms with E-state index in [1.54, 1.807) is 0 Å². The molecule has 2 nitrogen and oxygen atoms in total. The molecule has 31 heavy (non-hydrogen) atoms. The third kappa shape index (κ3) is 4.85. The average Bonchev–Trinajstić information content (AvgIpc) is 3.24. The first-order valence-corrected chi connectivity index (χ1v) is 12.0. The topological polar surface area (TPSA) is 12.5 Å². The molecule has 1 aliphatic heterocycles. The van der Waals surface area contributed by atoms with E-state index in [-0.39, 0.29) is 11.6 Å². The standard InChI is InChI=1S/C29H35NO/c1-2-3-4-5-6-16-23-28-24-29(25-17-10-7-11-18-25,26-19-12-8-13-20-26)30(31-28)27-21-14-9-15-22-27/h7-15,17-22,28H,2-6,16,23-24H2,1H3. The van der Waals surface area contributed by atoms with Crippen molar-refractivity contribution in [3.05, 3.63) is 102 Å². The lowest BCUT2D eigenvalue weighted by molar-refractivity contribution is 0.0711. The van der Waals surface area contributed by atoms with Crippen LogP contribution in [0, 0.1) is 0 Å². The highest BCUT2D eigenvalue weighted by atomic mass is 16.7. The maximum Gasteiger partial charge on any atom is 0.120 e. The van der Waals surface area contributed by atoms with Gasteiger partial charge in [-0.15, -0.1) is 0 Å². The third-order valence-electron chi connectivity index (χ3n) is 6.50. The van der Waals surface area contributed by atoms with Gasteiger partial charge in [-0.2, -0.15) is 0 Å². The van der Waals surface area contributed by atoms with Crippen LogP contribution in [0.1, 0.15) is 69.4 Å². The van der Waals surface area contributed by atoms with E-state index < -0.39 is 0 Å². The fourth-order valence-electron chi connectivity index (χ4n) is 4.91. The fraction of sp³-hybridized carbons (Fsp3) is 0.379. The summed E-state index contributed by atoms with van der Waals surface area (Å²) in [5.74, 6) is 0. The summed E-state index contributed by atoms with van der Waals surface area (Å²) >= 11 is 0. The van der Waals surface area contributed by atoms with E-state index in [1.807, 2.05) is 0 Å². The smallest absolute Gasteiger partial charge is 0.120 e. The molecule has 4 rings (SSSR count). The molecule has 0 spiro atoms. The zero-order chi connectivity index (χ0) is 21.4. The quantitative estimate of drug-likeness (QED) is 0.313. The first-order valence-electron chi connectivity index (χ1n) is 12.0. The normalized spacial score (nSPS) is 17.7. The van der Waals surface area contributed by atoms with Gasteiger partial charge in [-0.1, -0.05) is 124 Å². The molecule has 1 heterocycles. The Balaban J connectivity index is 1.65. The Labute approximate surface area is 187 Å². The van der Waals surface area contributed by atoms with E-state index in [0.717, 1.165) is 18.5 Å². The summed E-state index contributed by atoms with van der Waals surface area (Å²) in [6, 6.07) is 32.3. The van der Waals surface area contributed by atoms with Crippen molar-refractivity contribution < 1.29 is 4.84 Å². The van der Waals surface area contributed by atoms with Crippen molar-refractivity contribution in [3.8, 4) is 0 Å². The Kier molecular flexibility index (Phi) is 7.43. The zero-order valence-corrected chi connectivity index (χ0v) is 18.7. The first-order chi connectivity index (χ1) is 15.3. The number of hydrogen-bond acceptors (Lipinski definition) is 2. The SMILES string of the molecule is CCCCCCCCC1CC(c2ccccc2)(c2ccccc2)N(c2ccccc2)O1. The minimum Gasteiger partial charge on any atom is -0.269 e. The molecule has 0 N–H and O–H groups in total. The van der Waals surface area contributed by atoms with Crippen molar-refractivity contribution in [2.24, 2.45) is 0 Å². The van der Waals surface area contributed by atoms with E-state index in [4.69, 9.17) is 4.84 Å². The maximum absolute atomic E-state index is 6.73. The number of hydrogen-bond donors (Lipinski definition) is 0. The van der Waals surface area contributed by atoms with Gasteiger partial charge in [-0.25, -0.2) is 5.06 Å². The number of unbranched alkanes of at least 4 members (excludes halogenated alkanes) is 5. The van der Waals surface area contributed by atoms with Gasteiger partial charge in [0.05, 0.1) is 11.8 Å². The summed E-state index contributed by atoms with van der Waals surface area (Å²) in [6.45, 7) is 2.28. The first kappa shape index (κ1) is 21.6. The van der Waals surface area contributed by atoms with E-state index in [9.17, 15) is 0 Å². The summed E-state index contributed by atoms with van der Waals surface area (Å²) in [7, 11) is 0. The zero-order valence-electron chi connectivity index (χ0n) is 18.7. The molecule has 1 unspecified atom stereocenters. The van der Waals surface area contributed by atoms with Gasteiger partial charge in [0.25, 0.3) is 0 Å². The summed E-state index contributed by atoms with van der Waals surface area (Å²) < 4.78 is 0. The van der Waals surface area contributed by atoms with E-state index >= 15 is 0 Å². The van der Waals surface area contributed by atoms with Crippen LogP contribution in [0.3, 0.4) is 0 Å². The molecule has 0 aliphatic carbocycles. The van der Waals surface area contributed by atoms with Gasteiger partial charge < -0.3 is 0 Å². The molecule has 0 bridgehead atoms. The number of para-hydroxylation sites is 1. The summed E-state index contributed by atoms with van der Waals surface area (Å²) in [5.41, 5.74) is 3.36. The molecule has 1 saturated heterocycles. The number of benzene rings is 3. The molecule has 3 aromatic carbocycles. The molecule has 3 aromatic rings. The predicted octanol–water partition coefficient (Wildman–Crippen LogP) is 7.89. The second-order valence-electron chi connectivity index (χ2n) is 8.71. The van der Waals surface area contributed by atoms with Gasteiger partial charge >= 0.3 is 0 Å². The van der Waals surface area contributed by atoms with Gasteiger partial charge in [-0.05, 0) is 29.7 Å². The number of nitrogens with zero attached hydrogens (tertiary/aromatic N) is 1. The molecule has 2 heteroatoms. The molecule has 162 valence electrons. The molecular weight excluding hydrogens is 378 g/mol. The highest BCUT2D eigenvalue weighted by molar-refractivity contribution is 5.55. The molecule has 1 atom stereocenters. The number of rotatable bonds is 10. The minimum atomic E-state index is -0.323. The minimum absolute atomic E-state index is 0.215. The van der Waals surface area contributed by atoms with Gasteiger partial charge in [0.15, 0.2) is 0 Å². The second-order valence-corrected chi connectivity index (χ2v) is 8.71. The van der Waals surface area contributed by atoms with Crippen LogP contribution in [0.5, 0.6) is 0 Å². The Bertz CT molecular complexity index is 854. The van der Waals surface area contributed by atoms with Gasteiger partial charge in [0.1, 0.15) is 5.54 Å². The second kappa shape index (κ2) is 10.6. The Morgan fingerprint density at radius 1 is 0.710 bits per heavy atom. The third-order valence-corrected chi connectivity index (χ3v) is 6.50. The largest absolute Gasteiger partial charge is 0.269 e. The molecule has 1 fully saturated rings. The van der Waals surface area contributed by atoms with Crippen LogP contribution in [0.4, 0.5) is 5.69 Å². The average molecular weight is 414 g/mol. The van der Waals surface area contributed by atoms with Crippen molar-refractivity contribution in [1.82, 2.24) is 0 Å². The Morgan fingerprint density at radius 3 is 1.81 bits per heavy atom. The lowest BCUT2D eigenvalue weighted by Gasteiger charge is -2.38. The Hall–Kier alpha value is -2.58. The van der Waals surface area contributed by atoms with Crippen LogP contribution in [0.2, 0.25) is 0 Å². The van der Waals surface area contributed by atoms with Gasteiger partial charge in [0.2, 0.25) is 0 Å². The van der Waals surface area contributed by atoms with E-state index in [1.165, 1.54) is 49.7 Å². The molecule has 1 aliphatic rings. The molecule has 0 radical (unpaired) electrons. The van der Waals surface area contributed by atoms with Crippen LogP contribution >= 0.6 is 0 Å². The van der Waals surface area contributed by atoms with Gasteiger partial charge in [0, 0.05) is 6.42 Å². The van der Waals surface area contributed by atoms with Crippen molar-refractivity contribution in [3.63, 3.8) is 0 Å². The van der Waals surface area contributed by atoms with Crippen molar-refractivity contribution >= 4 is 5.69 Å². The van der Waals surface area contributed by atoms with E-state index in [2.05, 4.69) is 103 Å². The van der Waals surface area contributed by atoms with Crippen LogP contribution in [-0.2, 0) is 10.4 Å². The van der Waals surface area contributed by atoms with Crippen LogP contribution < -0.4 is 5.06 Å². The van der Waals surface area contributed by atoms with Gasteiger partial charge in [-0.3, -0.25) is 4.84 Å². The molecular formula is C29H35NO. The van der Waals surface area contributed by atoms with Crippen molar-refractivity contribution in [2.75, 3.05) is 5.06 Å².